The number of carbonyl (C=O) groups is 1. The Bertz CT molecular complexity index is 658. The second-order valence-corrected chi connectivity index (χ2v) is 7.05. The molecule has 0 heterocycles. The van der Waals surface area contributed by atoms with Gasteiger partial charge in [0.2, 0.25) is 10.0 Å². The number of hydrogen-bond donors (Lipinski definition) is 2. The predicted molar refractivity (Wildman–Crippen MR) is 77.2 cm³/mol. The molecule has 0 saturated heterocycles. The van der Waals surface area contributed by atoms with E-state index in [1.165, 1.54) is 12.1 Å². The SMILES string of the molecule is CCC1CC1NC(=O)c1cc(Cl)c(C)c(S(N)(=O)=O)c1. The van der Waals surface area contributed by atoms with Crippen molar-refractivity contribution in [1.82, 2.24) is 5.32 Å². The van der Waals surface area contributed by atoms with Crippen molar-refractivity contribution < 1.29 is 13.2 Å². The van der Waals surface area contributed by atoms with Gasteiger partial charge in [0, 0.05) is 16.6 Å². The van der Waals surface area contributed by atoms with Crippen LogP contribution in [-0.2, 0) is 10.0 Å². The average molecular weight is 317 g/mol. The molecule has 7 heteroatoms. The molecule has 0 radical (unpaired) electrons. The van der Waals surface area contributed by atoms with E-state index in [0.717, 1.165) is 12.8 Å². The lowest BCUT2D eigenvalue weighted by Gasteiger charge is -2.10. The van der Waals surface area contributed by atoms with Crippen LogP contribution in [0, 0.1) is 12.8 Å². The minimum absolute atomic E-state index is 0.113. The highest BCUT2D eigenvalue weighted by atomic mass is 35.5. The van der Waals surface area contributed by atoms with Gasteiger partial charge in [0.05, 0.1) is 4.90 Å². The maximum absolute atomic E-state index is 12.1. The summed E-state index contributed by atoms with van der Waals surface area (Å²) in [5.74, 6) is 0.190. The first-order valence-electron chi connectivity index (χ1n) is 6.37. The number of nitrogens with one attached hydrogen (secondary N) is 1. The minimum Gasteiger partial charge on any atom is -0.349 e. The maximum Gasteiger partial charge on any atom is 0.251 e. The van der Waals surface area contributed by atoms with Crippen LogP contribution in [-0.4, -0.2) is 20.4 Å². The number of benzene rings is 1. The van der Waals surface area contributed by atoms with Crippen LogP contribution in [0.2, 0.25) is 5.02 Å². The third-order valence-electron chi connectivity index (χ3n) is 3.63. The predicted octanol–water partition coefficient (Wildman–Crippen LogP) is 1.82. The van der Waals surface area contributed by atoms with Crippen LogP contribution >= 0.6 is 11.6 Å². The zero-order valence-electron chi connectivity index (χ0n) is 11.3. The summed E-state index contributed by atoms with van der Waals surface area (Å²) >= 11 is 5.98. The van der Waals surface area contributed by atoms with E-state index in [1.54, 1.807) is 6.92 Å². The molecule has 2 rings (SSSR count). The molecule has 20 heavy (non-hydrogen) atoms. The lowest BCUT2D eigenvalue weighted by atomic mass is 10.1. The van der Waals surface area contributed by atoms with Gasteiger partial charge in [-0.2, -0.15) is 0 Å². The second-order valence-electron chi connectivity index (χ2n) is 5.11. The zero-order chi connectivity index (χ0) is 15.1. The van der Waals surface area contributed by atoms with Gasteiger partial charge in [-0.3, -0.25) is 4.79 Å². The van der Waals surface area contributed by atoms with E-state index >= 15 is 0 Å². The highest BCUT2D eigenvalue weighted by Crippen LogP contribution is 2.33. The van der Waals surface area contributed by atoms with E-state index in [4.69, 9.17) is 16.7 Å². The normalized spacial score (nSPS) is 21.6. The summed E-state index contributed by atoms with van der Waals surface area (Å²) in [6, 6.07) is 2.91. The summed E-state index contributed by atoms with van der Waals surface area (Å²) in [7, 11) is -3.90. The Balaban J connectivity index is 2.29. The van der Waals surface area contributed by atoms with Gasteiger partial charge in [0.25, 0.3) is 5.91 Å². The summed E-state index contributed by atoms with van der Waals surface area (Å²) < 4.78 is 23.0. The lowest BCUT2D eigenvalue weighted by molar-refractivity contribution is 0.0948. The number of nitrogens with two attached hydrogens (primary N) is 1. The van der Waals surface area contributed by atoms with Crippen molar-refractivity contribution >= 4 is 27.5 Å². The Kier molecular flexibility index (Phi) is 4.09. The van der Waals surface area contributed by atoms with Gasteiger partial charge >= 0.3 is 0 Å². The monoisotopic (exact) mass is 316 g/mol. The molecule has 5 nitrogen and oxygen atoms in total. The molecule has 2 unspecified atom stereocenters. The quantitative estimate of drug-likeness (QED) is 0.888. The van der Waals surface area contributed by atoms with Gasteiger partial charge in [-0.15, -0.1) is 0 Å². The fourth-order valence-corrected chi connectivity index (χ4v) is 3.31. The zero-order valence-corrected chi connectivity index (χ0v) is 12.9. The van der Waals surface area contributed by atoms with E-state index in [2.05, 4.69) is 12.2 Å². The molecule has 2 atom stereocenters. The van der Waals surface area contributed by atoms with Crippen molar-refractivity contribution in [2.24, 2.45) is 11.1 Å². The number of sulfonamides is 1. The first kappa shape index (κ1) is 15.3. The fraction of sp³-hybridized carbons (Fsp3) is 0.462. The Morgan fingerprint density at radius 1 is 1.50 bits per heavy atom. The number of primary sulfonamides is 1. The third-order valence-corrected chi connectivity index (χ3v) is 5.06. The van der Waals surface area contributed by atoms with Crippen molar-refractivity contribution in [1.29, 1.82) is 0 Å². The molecule has 1 aromatic rings. The summed E-state index contributed by atoms with van der Waals surface area (Å²) in [4.78, 5) is 12.0. The average Bonchev–Trinajstić information content (AvgIpc) is 3.09. The number of amides is 1. The number of hydrogen-bond acceptors (Lipinski definition) is 3. The maximum atomic E-state index is 12.1. The molecule has 1 amide bonds. The topological polar surface area (TPSA) is 89.3 Å². The smallest absolute Gasteiger partial charge is 0.251 e. The highest BCUT2D eigenvalue weighted by molar-refractivity contribution is 7.89. The van der Waals surface area contributed by atoms with Crippen LogP contribution in [0.5, 0.6) is 0 Å². The van der Waals surface area contributed by atoms with E-state index in [9.17, 15) is 13.2 Å². The summed E-state index contributed by atoms with van der Waals surface area (Å²) in [5, 5.41) is 8.21. The van der Waals surface area contributed by atoms with Crippen LogP contribution < -0.4 is 10.5 Å². The van der Waals surface area contributed by atoms with Crippen molar-refractivity contribution in [3.05, 3.63) is 28.3 Å². The van der Waals surface area contributed by atoms with Gasteiger partial charge in [-0.1, -0.05) is 24.9 Å². The molecule has 1 fully saturated rings. The van der Waals surface area contributed by atoms with E-state index in [-0.39, 0.29) is 27.4 Å². The molecule has 1 aliphatic rings. The van der Waals surface area contributed by atoms with Crippen molar-refractivity contribution in [2.75, 3.05) is 0 Å². The number of rotatable bonds is 4. The Morgan fingerprint density at radius 3 is 2.65 bits per heavy atom. The van der Waals surface area contributed by atoms with Crippen LogP contribution in [0.4, 0.5) is 0 Å². The molecule has 1 aliphatic carbocycles. The van der Waals surface area contributed by atoms with E-state index in [0.29, 0.717) is 11.5 Å². The molecular weight excluding hydrogens is 300 g/mol. The number of halogens is 1. The van der Waals surface area contributed by atoms with Crippen LogP contribution in [0.25, 0.3) is 0 Å². The molecule has 1 saturated carbocycles. The number of carbonyl (C=O) groups excluding carboxylic acids is 1. The van der Waals surface area contributed by atoms with Crippen molar-refractivity contribution in [3.63, 3.8) is 0 Å². The minimum atomic E-state index is -3.90. The van der Waals surface area contributed by atoms with Crippen molar-refractivity contribution in [3.8, 4) is 0 Å². The summed E-state index contributed by atoms with van der Waals surface area (Å²) in [6.07, 6.45) is 1.98. The van der Waals surface area contributed by atoms with E-state index in [1.807, 2.05) is 0 Å². The molecule has 3 N–H and O–H groups in total. The van der Waals surface area contributed by atoms with Crippen LogP contribution in [0.15, 0.2) is 17.0 Å². The summed E-state index contributed by atoms with van der Waals surface area (Å²) in [6.45, 7) is 3.62. The van der Waals surface area contributed by atoms with Gasteiger partial charge in [-0.25, -0.2) is 13.6 Å². The third kappa shape index (κ3) is 3.13. The van der Waals surface area contributed by atoms with Gasteiger partial charge in [-0.05, 0) is 37.0 Å². The Hall–Kier alpha value is -1.11. The largest absolute Gasteiger partial charge is 0.349 e. The molecule has 0 aliphatic heterocycles. The first-order valence-corrected chi connectivity index (χ1v) is 8.30. The van der Waals surface area contributed by atoms with E-state index < -0.39 is 10.0 Å². The Morgan fingerprint density at radius 2 is 2.15 bits per heavy atom. The first-order chi connectivity index (χ1) is 9.24. The molecule has 110 valence electrons. The molecule has 1 aromatic carbocycles. The lowest BCUT2D eigenvalue weighted by Crippen LogP contribution is -2.27. The molecular formula is C13H17ClN2O3S. The second kappa shape index (κ2) is 5.35. The van der Waals surface area contributed by atoms with Gasteiger partial charge in [0.15, 0.2) is 0 Å². The Labute approximate surface area is 123 Å². The van der Waals surface area contributed by atoms with Crippen LogP contribution in [0.3, 0.4) is 0 Å². The highest BCUT2D eigenvalue weighted by Gasteiger charge is 2.36. The van der Waals surface area contributed by atoms with Gasteiger partial charge in [0.1, 0.15) is 0 Å². The summed E-state index contributed by atoms with van der Waals surface area (Å²) in [5.41, 5.74) is 0.565. The van der Waals surface area contributed by atoms with Crippen LogP contribution in [0.1, 0.15) is 35.7 Å². The molecule has 0 spiro atoms. The van der Waals surface area contributed by atoms with Crippen molar-refractivity contribution in [2.45, 2.75) is 37.6 Å². The molecule has 0 bridgehead atoms. The standard InChI is InChI=1S/C13H17ClN2O3S/c1-3-8-5-11(8)16-13(17)9-4-10(14)7(2)12(6-9)20(15,18)19/h4,6,8,11H,3,5H2,1-2H3,(H,16,17)(H2,15,18,19). The van der Waals surface area contributed by atoms with Gasteiger partial charge < -0.3 is 5.32 Å². The fourth-order valence-electron chi connectivity index (χ4n) is 2.21. The molecule has 0 aromatic heterocycles.